The summed E-state index contributed by atoms with van der Waals surface area (Å²) in [6, 6.07) is 11.5. The molecule has 0 saturated heterocycles. The van der Waals surface area contributed by atoms with Crippen LogP contribution in [-0.4, -0.2) is 16.0 Å². The van der Waals surface area contributed by atoms with Crippen molar-refractivity contribution in [1.82, 2.24) is 15.5 Å². The van der Waals surface area contributed by atoms with Crippen molar-refractivity contribution in [3.05, 3.63) is 58.7 Å². The molecule has 5 nitrogen and oxygen atoms in total. The average molecular weight is 285 g/mol. The lowest BCUT2D eigenvalue weighted by Gasteiger charge is -1.98. The van der Waals surface area contributed by atoms with Crippen molar-refractivity contribution in [2.75, 3.05) is 0 Å². The van der Waals surface area contributed by atoms with Crippen LogP contribution in [0.4, 0.5) is 0 Å². The normalized spacial score (nSPS) is 10.4. The van der Waals surface area contributed by atoms with Crippen LogP contribution in [0.2, 0.25) is 0 Å². The van der Waals surface area contributed by atoms with Crippen LogP contribution >= 0.6 is 11.3 Å². The van der Waals surface area contributed by atoms with Crippen molar-refractivity contribution in [2.24, 2.45) is 0 Å². The van der Waals surface area contributed by atoms with E-state index in [2.05, 4.69) is 15.5 Å². The molecule has 1 N–H and O–H groups in total. The summed E-state index contributed by atoms with van der Waals surface area (Å²) in [5.74, 6) is 0.480. The minimum atomic E-state index is -0.204. The van der Waals surface area contributed by atoms with Crippen LogP contribution < -0.4 is 5.32 Å². The molecule has 0 aliphatic carbocycles. The van der Waals surface area contributed by atoms with Crippen LogP contribution in [-0.2, 0) is 6.54 Å². The van der Waals surface area contributed by atoms with Crippen LogP contribution in [0.1, 0.15) is 15.5 Å². The molecule has 6 heteroatoms. The summed E-state index contributed by atoms with van der Waals surface area (Å²) in [6.45, 7) is 0.314. The highest BCUT2D eigenvalue weighted by molar-refractivity contribution is 7.11. The summed E-state index contributed by atoms with van der Waals surface area (Å²) in [5.41, 5.74) is 1.63. The minimum absolute atomic E-state index is 0.204. The van der Waals surface area contributed by atoms with Crippen LogP contribution in [0.25, 0.3) is 11.3 Å². The maximum Gasteiger partial charge on any atom is 0.280 e. The number of aromatic nitrogens is 2. The molecule has 2 aromatic heterocycles. The third kappa shape index (κ3) is 2.75. The molecule has 1 amide bonds. The molecule has 3 rings (SSSR count). The van der Waals surface area contributed by atoms with Gasteiger partial charge in [-0.1, -0.05) is 35.5 Å². The Labute approximate surface area is 119 Å². The molecule has 0 unspecified atom stereocenters. The quantitative estimate of drug-likeness (QED) is 0.800. The number of rotatable bonds is 4. The van der Waals surface area contributed by atoms with E-state index < -0.39 is 0 Å². The van der Waals surface area contributed by atoms with Gasteiger partial charge in [0.2, 0.25) is 0 Å². The van der Waals surface area contributed by atoms with Crippen molar-refractivity contribution in [1.29, 1.82) is 0 Å². The van der Waals surface area contributed by atoms with Gasteiger partial charge in [-0.15, -0.1) is 11.3 Å². The van der Waals surface area contributed by atoms with E-state index in [1.54, 1.807) is 11.6 Å². The Bertz CT molecular complexity index is 692. The van der Waals surface area contributed by atoms with Gasteiger partial charge in [0.05, 0.1) is 6.54 Å². The Kier molecular flexibility index (Phi) is 3.56. The highest BCUT2D eigenvalue weighted by atomic mass is 32.1. The molecule has 0 bridgehead atoms. The largest absolute Gasteiger partial charge is 0.356 e. The first kappa shape index (κ1) is 12.6. The van der Waals surface area contributed by atoms with Gasteiger partial charge in [-0.05, 0) is 0 Å². The number of thiazole rings is 1. The fourth-order valence-corrected chi connectivity index (χ4v) is 2.27. The van der Waals surface area contributed by atoms with E-state index in [1.165, 1.54) is 11.3 Å². The zero-order valence-corrected chi connectivity index (χ0v) is 11.3. The van der Waals surface area contributed by atoms with Gasteiger partial charge in [-0.2, -0.15) is 0 Å². The monoisotopic (exact) mass is 285 g/mol. The van der Waals surface area contributed by atoms with E-state index in [-0.39, 0.29) is 5.91 Å². The molecule has 0 atom stereocenters. The zero-order chi connectivity index (χ0) is 13.8. The van der Waals surface area contributed by atoms with Gasteiger partial charge in [0.1, 0.15) is 5.69 Å². The molecule has 1 aromatic carbocycles. The summed E-state index contributed by atoms with van der Waals surface area (Å²) < 4.78 is 5.26. The molecule has 100 valence electrons. The molecule has 0 radical (unpaired) electrons. The lowest BCUT2D eigenvalue weighted by atomic mass is 10.2. The second kappa shape index (κ2) is 5.66. The summed E-state index contributed by atoms with van der Waals surface area (Å²) >= 11 is 1.30. The zero-order valence-electron chi connectivity index (χ0n) is 10.4. The van der Waals surface area contributed by atoms with Crippen molar-refractivity contribution in [3.63, 3.8) is 0 Å². The number of benzene rings is 1. The SMILES string of the molecule is O=C(NCc1cc(-c2ccccc2)on1)c1nccs1. The summed E-state index contributed by atoms with van der Waals surface area (Å²) in [7, 11) is 0. The van der Waals surface area contributed by atoms with E-state index in [4.69, 9.17) is 4.52 Å². The lowest BCUT2D eigenvalue weighted by molar-refractivity contribution is 0.0949. The van der Waals surface area contributed by atoms with Crippen LogP contribution in [0.3, 0.4) is 0 Å². The van der Waals surface area contributed by atoms with Crippen LogP contribution in [0.15, 0.2) is 52.5 Å². The predicted molar refractivity (Wildman–Crippen MR) is 75.2 cm³/mol. The first-order chi connectivity index (χ1) is 9.83. The highest BCUT2D eigenvalue weighted by Gasteiger charge is 2.10. The minimum Gasteiger partial charge on any atom is -0.356 e. The smallest absolute Gasteiger partial charge is 0.280 e. The molecular weight excluding hydrogens is 274 g/mol. The summed E-state index contributed by atoms with van der Waals surface area (Å²) in [4.78, 5) is 15.7. The van der Waals surface area contributed by atoms with E-state index in [0.29, 0.717) is 23.0 Å². The Morgan fingerprint density at radius 1 is 1.30 bits per heavy atom. The first-order valence-electron chi connectivity index (χ1n) is 6.01. The molecule has 3 aromatic rings. The van der Waals surface area contributed by atoms with Crippen molar-refractivity contribution in [2.45, 2.75) is 6.54 Å². The van der Waals surface area contributed by atoms with Crippen LogP contribution in [0, 0.1) is 0 Å². The Balaban J connectivity index is 1.65. The van der Waals surface area contributed by atoms with Gasteiger partial charge in [-0.25, -0.2) is 4.98 Å². The number of nitrogens with zero attached hydrogens (tertiary/aromatic N) is 2. The van der Waals surface area contributed by atoms with Gasteiger partial charge in [-0.3, -0.25) is 4.79 Å². The number of amides is 1. The fraction of sp³-hybridized carbons (Fsp3) is 0.0714. The number of carbonyl (C=O) groups excluding carboxylic acids is 1. The molecule has 0 aliphatic rings. The van der Waals surface area contributed by atoms with E-state index >= 15 is 0 Å². The summed E-state index contributed by atoms with van der Waals surface area (Å²) in [6.07, 6.45) is 1.60. The maximum absolute atomic E-state index is 11.7. The van der Waals surface area contributed by atoms with Gasteiger partial charge in [0.15, 0.2) is 10.8 Å². The Morgan fingerprint density at radius 2 is 2.15 bits per heavy atom. The van der Waals surface area contributed by atoms with Gasteiger partial charge < -0.3 is 9.84 Å². The number of hydrogen-bond acceptors (Lipinski definition) is 5. The number of carbonyl (C=O) groups is 1. The third-order valence-electron chi connectivity index (χ3n) is 2.67. The molecule has 2 heterocycles. The van der Waals surface area contributed by atoms with E-state index in [9.17, 15) is 4.79 Å². The molecule has 0 spiro atoms. The average Bonchev–Trinajstić information content (AvgIpc) is 3.17. The fourth-order valence-electron chi connectivity index (χ4n) is 1.72. The lowest BCUT2D eigenvalue weighted by Crippen LogP contribution is -2.22. The number of hydrogen-bond donors (Lipinski definition) is 1. The van der Waals surface area contributed by atoms with Crippen LogP contribution in [0.5, 0.6) is 0 Å². The Hall–Kier alpha value is -2.47. The molecular formula is C14H11N3O2S. The maximum atomic E-state index is 11.7. The van der Waals surface area contributed by atoms with E-state index in [0.717, 1.165) is 5.56 Å². The predicted octanol–water partition coefficient (Wildman–Crippen LogP) is 2.73. The Morgan fingerprint density at radius 3 is 2.90 bits per heavy atom. The molecule has 0 fully saturated rings. The highest BCUT2D eigenvalue weighted by Crippen LogP contribution is 2.19. The van der Waals surface area contributed by atoms with Gasteiger partial charge in [0, 0.05) is 23.2 Å². The van der Waals surface area contributed by atoms with E-state index in [1.807, 2.05) is 36.4 Å². The van der Waals surface area contributed by atoms with Crippen molar-refractivity contribution < 1.29 is 9.32 Å². The van der Waals surface area contributed by atoms with Crippen molar-refractivity contribution >= 4 is 17.2 Å². The standard InChI is InChI=1S/C14H11N3O2S/c18-13(14-15-6-7-20-14)16-9-11-8-12(19-17-11)10-4-2-1-3-5-10/h1-8H,9H2,(H,16,18). The second-order valence-electron chi connectivity index (χ2n) is 4.07. The molecule has 0 aliphatic heterocycles. The van der Waals surface area contributed by atoms with Gasteiger partial charge >= 0.3 is 0 Å². The summed E-state index contributed by atoms with van der Waals surface area (Å²) in [5, 5.41) is 8.90. The van der Waals surface area contributed by atoms with Gasteiger partial charge in [0.25, 0.3) is 5.91 Å². The first-order valence-corrected chi connectivity index (χ1v) is 6.89. The van der Waals surface area contributed by atoms with Crippen molar-refractivity contribution in [3.8, 4) is 11.3 Å². The molecule has 0 saturated carbocycles. The molecule has 20 heavy (non-hydrogen) atoms. The third-order valence-corrected chi connectivity index (χ3v) is 3.45. The topological polar surface area (TPSA) is 68.0 Å². The number of nitrogens with one attached hydrogen (secondary N) is 1. The second-order valence-corrected chi connectivity index (χ2v) is 4.96.